The van der Waals surface area contributed by atoms with E-state index in [1.807, 2.05) is 30.3 Å². The standard InChI is InChI=1S/C20H21NO3/c1-2-3-13-21-18(14-9-5-4-6-10-14)17(20(23)24)15-11-7-8-12-16(15)19(21)22/h4-12,17-18H,2-3,13H2,1H3,(H,23,24). The quantitative estimate of drug-likeness (QED) is 0.909. The fourth-order valence-electron chi connectivity index (χ4n) is 3.45. The fourth-order valence-corrected chi connectivity index (χ4v) is 3.45. The average molecular weight is 323 g/mol. The van der Waals surface area contributed by atoms with Crippen LogP contribution in [0.15, 0.2) is 54.6 Å². The van der Waals surface area contributed by atoms with Crippen LogP contribution < -0.4 is 0 Å². The molecule has 0 saturated carbocycles. The van der Waals surface area contributed by atoms with E-state index in [4.69, 9.17) is 0 Å². The minimum Gasteiger partial charge on any atom is -0.481 e. The van der Waals surface area contributed by atoms with Crippen molar-refractivity contribution in [1.82, 2.24) is 4.90 Å². The van der Waals surface area contributed by atoms with Crippen molar-refractivity contribution in [3.63, 3.8) is 0 Å². The number of unbranched alkanes of at least 4 members (excludes halogenated alkanes) is 1. The number of fused-ring (bicyclic) bond motifs is 1. The minimum atomic E-state index is -0.898. The lowest BCUT2D eigenvalue weighted by atomic mass is 9.79. The second-order valence-corrected chi connectivity index (χ2v) is 6.11. The first-order chi connectivity index (χ1) is 11.6. The van der Waals surface area contributed by atoms with Crippen molar-refractivity contribution in [3.8, 4) is 0 Å². The second-order valence-electron chi connectivity index (χ2n) is 6.11. The van der Waals surface area contributed by atoms with Crippen LogP contribution in [0.5, 0.6) is 0 Å². The lowest BCUT2D eigenvalue weighted by molar-refractivity contribution is -0.140. The van der Waals surface area contributed by atoms with Crippen molar-refractivity contribution in [1.29, 1.82) is 0 Å². The Morgan fingerprint density at radius 1 is 1.08 bits per heavy atom. The van der Waals surface area contributed by atoms with Crippen molar-refractivity contribution in [2.24, 2.45) is 0 Å². The molecule has 1 aliphatic rings. The molecule has 1 aliphatic heterocycles. The van der Waals surface area contributed by atoms with Crippen LogP contribution in [0, 0.1) is 0 Å². The van der Waals surface area contributed by atoms with Gasteiger partial charge in [-0.25, -0.2) is 0 Å². The number of aliphatic carboxylic acids is 1. The zero-order valence-electron chi connectivity index (χ0n) is 13.7. The summed E-state index contributed by atoms with van der Waals surface area (Å²) >= 11 is 0. The molecule has 4 heteroatoms. The molecule has 124 valence electrons. The van der Waals surface area contributed by atoms with Gasteiger partial charge in [0.1, 0.15) is 5.92 Å². The van der Waals surface area contributed by atoms with Gasteiger partial charge in [0.15, 0.2) is 0 Å². The van der Waals surface area contributed by atoms with Gasteiger partial charge in [-0.1, -0.05) is 61.9 Å². The Kier molecular flexibility index (Phi) is 4.65. The molecule has 3 rings (SSSR count). The SMILES string of the molecule is CCCCN1C(=O)c2ccccc2C(C(=O)O)C1c1ccccc1. The summed E-state index contributed by atoms with van der Waals surface area (Å²) in [5, 5.41) is 9.91. The van der Waals surface area contributed by atoms with Gasteiger partial charge >= 0.3 is 5.97 Å². The van der Waals surface area contributed by atoms with E-state index in [0.717, 1.165) is 18.4 Å². The van der Waals surface area contributed by atoms with E-state index in [1.165, 1.54) is 0 Å². The number of carboxylic acid groups (broad SMARTS) is 1. The number of nitrogens with zero attached hydrogens (tertiary/aromatic N) is 1. The first kappa shape index (κ1) is 16.2. The molecule has 24 heavy (non-hydrogen) atoms. The van der Waals surface area contributed by atoms with Crippen molar-refractivity contribution in [2.75, 3.05) is 6.54 Å². The third-order valence-electron chi connectivity index (χ3n) is 4.60. The summed E-state index contributed by atoms with van der Waals surface area (Å²) in [7, 11) is 0. The van der Waals surface area contributed by atoms with Crippen molar-refractivity contribution >= 4 is 11.9 Å². The number of benzene rings is 2. The van der Waals surface area contributed by atoms with Crippen molar-refractivity contribution < 1.29 is 14.7 Å². The molecule has 0 radical (unpaired) electrons. The Balaban J connectivity index is 2.16. The Hall–Kier alpha value is -2.62. The summed E-state index contributed by atoms with van der Waals surface area (Å²) in [6.45, 7) is 2.63. The predicted molar refractivity (Wildman–Crippen MR) is 91.9 cm³/mol. The van der Waals surface area contributed by atoms with Gasteiger partial charge in [-0.15, -0.1) is 0 Å². The normalized spacial score (nSPS) is 19.9. The molecular formula is C20H21NO3. The molecule has 1 N–H and O–H groups in total. The molecule has 2 aromatic carbocycles. The number of rotatable bonds is 5. The van der Waals surface area contributed by atoms with Crippen LogP contribution in [-0.4, -0.2) is 28.4 Å². The summed E-state index contributed by atoms with van der Waals surface area (Å²) in [6, 6.07) is 16.1. The van der Waals surface area contributed by atoms with Gasteiger partial charge in [0.05, 0.1) is 6.04 Å². The smallest absolute Gasteiger partial charge is 0.313 e. The van der Waals surface area contributed by atoms with E-state index in [9.17, 15) is 14.7 Å². The number of amides is 1. The van der Waals surface area contributed by atoms with E-state index in [1.54, 1.807) is 29.2 Å². The lowest BCUT2D eigenvalue weighted by Gasteiger charge is -2.41. The zero-order chi connectivity index (χ0) is 17.1. The van der Waals surface area contributed by atoms with E-state index < -0.39 is 17.9 Å². The van der Waals surface area contributed by atoms with Crippen molar-refractivity contribution in [2.45, 2.75) is 31.7 Å². The van der Waals surface area contributed by atoms with Gasteiger partial charge < -0.3 is 10.0 Å². The predicted octanol–water partition coefficient (Wildman–Crippen LogP) is 3.85. The van der Waals surface area contributed by atoms with Gasteiger partial charge in [0, 0.05) is 12.1 Å². The van der Waals surface area contributed by atoms with E-state index in [-0.39, 0.29) is 5.91 Å². The second kappa shape index (κ2) is 6.87. The highest BCUT2D eigenvalue weighted by Gasteiger charge is 2.43. The topological polar surface area (TPSA) is 57.6 Å². The number of hydrogen-bond acceptors (Lipinski definition) is 2. The fraction of sp³-hybridized carbons (Fsp3) is 0.300. The molecule has 0 saturated heterocycles. The minimum absolute atomic E-state index is 0.0783. The largest absolute Gasteiger partial charge is 0.481 e. The summed E-state index contributed by atoms with van der Waals surface area (Å²) in [5.74, 6) is -1.73. The molecule has 0 aromatic heterocycles. The van der Waals surface area contributed by atoms with E-state index in [0.29, 0.717) is 17.7 Å². The Morgan fingerprint density at radius 3 is 2.42 bits per heavy atom. The first-order valence-corrected chi connectivity index (χ1v) is 8.32. The Labute approximate surface area is 141 Å². The number of carboxylic acids is 1. The first-order valence-electron chi connectivity index (χ1n) is 8.32. The summed E-state index contributed by atoms with van der Waals surface area (Å²) in [5.41, 5.74) is 1.98. The van der Waals surface area contributed by atoms with Crippen LogP contribution in [0.3, 0.4) is 0 Å². The molecule has 0 bridgehead atoms. The zero-order valence-corrected chi connectivity index (χ0v) is 13.7. The van der Waals surface area contributed by atoms with E-state index in [2.05, 4.69) is 6.92 Å². The lowest BCUT2D eigenvalue weighted by Crippen LogP contribution is -2.45. The highest BCUT2D eigenvalue weighted by atomic mass is 16.4. The monoisotopic (exact) mass is 323 g/mol. The van der Waals surface area contributed by atoms with Gasteiger partial charge in [-0.2, -0.15) is 0 Å². The van der Waals surface area contributed by atoms with Gasteiger partial charge in [0.2, 0.25) is 0 Å². The third-order valence-corrected chi connectivity index (χ3v) is 4.60. The number of hydrogen-bond donors (Lipinski definition) is 1. The van der Waals surface area contributed by atoms with Crippen molar-refractivity contribution in [3.05, 3.63) is 71.3 Å². The summed E-state index contributed by atoms with van der Waals surface area (Å²) in [6.07, 6.45) is 1.80. The number of carbonyl (C=O) groups is 2. The average Bonchev–Trinajstić information content (AvgIpc) is 2.61. The van der Waals surface area contributed by atoms with Crippen LogP contribution in [0.1, 0.15) is 53.2 Å². The Morgan fingerprint density at radius 2 is 1.75 bits per heavy atom. The highest BCUT2D eigenvalue weighted by molar-refractivity contribution is 6.00. The van der Waals surface area contributed by atoms with Crippen LogP contribution in [0.4, 0.5) is 0 Å². The van der Waals surface area contributed by atoms with Crippen LogP contribution in [0.25, 0.3) is 0 Å². The molecule has 0 aliphatic carbocycles. The molecule has 2 aromatic rings. The molecule has 0 fully saturated rings. The molecular weight excluding hydrogens is 302 g/mol. The van der Waals surface area contributed by atoms with Gasteiger partial charge in [0.25, 0.3) is 5.91 Å². The summed E-state index contributed by atoms with van der Waals surface area (Å²) in [4.78, 5) is 26.8. The molecule has 2 unspecified atom stereocenters. The van der Waals surface area contributed by atoms with Gasteiger partial charge in [-0.3, -0.25) is 9.59 Å². The molecule has 1 amide bonds. The maximum absolute atomic E-state index is 13.0. The Bertz CT molecular complexity index is 742. The maximum atomic E-state index is 13.0. The maximum Gasteiger partial charge on any atom is 0.313 e. The third kappa shape index (κ3) is 2.80. The van der Waals surface area contributed by atoms with E-state index >= 15 is 0 Å². The molecule has 4 nitrogen and oxygen atoms in total. The van der Waals surface area contributed by atoms with Gasteiger partial charge in [-0.05, 0) is 23.6 Å². The van der Waals surface area contributed by atoms with Crippen LogP contribution >= 0.6 is 0 Å². The highest BCUT2D eigenvalue weighted by Crippen LogP contribution is 2.42. The van der Waals surface area contributed by atoms with Crippen LogP contribution in [-0.2, 0) is 4.79 Å². The molecule has 1 heterocycles. The molecule has 2 atom stereocenters. The number of carbonyl (C=O) groups excluding carboxylic acids is 1. The molecule has 0 spiro atoms. The summed E-state index contributed by atoms with van der Waals surface area (Å²) < 4.78 is 0. The van der Waals surface area contributed by atoms with Crippen LogP contribution in [0.2, 0.25) is 0 Å².